The average molecular weight is 938 g/mol. The number of pyridine rings is 1. The van der Waals surface area contributed by atoms with E-state index in [1.807, 2.05) is 18.2 Å². The zero-order valence-corrected chi connectivity index (χ0v) is 38.9. The average Bonchev–Trinajstić information content (AvgIpc) is 3.79. The van der Waals surface area contributed by atoms with Gasteiger partial charge < -0.3 is 20.6 Å². The zero-order valence-electron chi connectivity index (χ0n) is 38.1. The largest absolute Gasteiger partial charge is 0.433 e. The van der Waals surface area contributed by atoms with Crippen LogP contribution in [0.15, 0.2) is 55.1 Å². The normalized spacial score (nSPS) is 24.1. The highest BCUT2D eigenvalue weighted by Crippen LogP contribution is 2.69. The second-order valence-electron chi connectivity index (χ2n) is 21.0. The Labute approximate surface area is 392 Å². The van der Waals surface area contributed by atoms with Gasteiger partial charge in [-0.1, -0.05) is 24.8 Å². The third kappa shape index (κ3) is 8.89. The van der Waals surface area contributed by atoms with Gasteiger partial charge in [-0.15, -0.1) is 11.3 Å². The minimum Gasteiger partial charge on any atom is -0.386 e. The first-order valence-electron chi connectivity index (χ1n) is 23.8. The van der Waals surface area contributed by atoms with Gasteiger partial charge in [0.25, 0.3) is 11.8 Å². The van der Waals surface area contributed by atoms with Gasteiger partial charge in [0, 0.05) is 53.6 Å². The highest BCUT2D eigenvalue weighted by molar-refractivity contribution is 7.18. The molecule has 0 radical (unpaired) electrons. The van der Waals surface area contributed by atoms with E-state index in [0.717, 1.165) is 83.8 Å². The molecule has 2 saturated heterocycles. The van der Waals surface area contributed by atoms with E-state index in [0.29, 0.717) is 51.1 Å². The fourth-order valence-corrected chi connectivity index (χ4v) is 13.8. The number of carbonyl (C=O) groups is 4. The van der Waals surface area contributed by atoms with Crippen LogP contribution in [0.1, 0.15) is 146 Å². The van der Waals surface area contributed by atoms with Gasteiger partial charge in [0.1, 0.15) is 17.4 Å². The number of amides is 4. The molecule has 1 atom stereocenters. The molecule has 2 aromatic carbocycles. The van der Waals surface area contributed by atoms with Crippen molar-refractivity contribution < 1.29 is 37.5 Å². The number of halogens is 3. The number of aliphatic hydroxyl groups is 1. The maximum Gasteiger partial charge on any atom is 0.433 e. The van der Waals surface area contributed by atoms with Crippen LogP contribution in [0, 0.1) is 22.7 Å². The van der Waals surface area contributed by atoms with Crippen LogP contribution in [0.3, 0.4) is 0 Å². The Morgan fingerprint density at radius 1 is 0.940 bits per heavy atom. The predicted molar refractivity (Wildman–Crippen MR) is 250 cm³/mol. The molecule has 2 spiro atoms. The first kappa shape index (κ1) is 45.6. The Balaban J connectivity index is 0.664. The van der Waals surface area contributed by atoms with Crippen molar-refractivity contribution in [1.82, 2.24) is 25.1 Å². The molecule has 354 valence electrons. The van der Waals surface area contributed by atoms with Gasteiger partial charge in [0.2, 0.25) is 11.8 Å². The van der Waals surface area contributed by atoms with Crippen LogP contribution in [0.2, 0.25) is 0 Å². The first-order valence-corrected chi connectivity index (χ1v) is 24.7. The Hall–Kier alpha value is -5.19. The van der Waals surface area contributed by atoms with Crippen molar-refractivity contribution in [3.05, 3.63) is 88.2 Å². The van der Waals surface area contributed by atoms with E-state index in [4.69, 9.17) is 4.98 Å². The van der Waals surface area contributed by atoms with E-state index in [1.54, 1.807) is 37.3 Å². The molecule has 3 aliphatic carbocycles. The predicted octanol–water partition coefficient (Wildman–Crippen LogP) is 9.47. The first-order chi connectivity index (χ1) is 31.9. The van der Waals surface area contributed by atoms with Crippen LogP contribution in [0.25, 0.3) is 15.9 Å². The minimum absolute atomic E-state index is 0.197. The minimum atomic E-state index is -4.68. The summed E-state index contributed by atoms with van der Waals surface area (Å²) in [4.78, 5) is 63.8. The monoisotopic (exact) mass is 937 g/mol. The summed E-state index contributed by atoms with van der Waals surface area (Å²) < 4.78 is 40.7. The molecule has 12 nitrogen and oxygen atoms in total. The lowest BCUT2D eigenvalue weighted by Crippen LogP contribution is -2.57. The number of nitrogens with zero attached hydrogens (tertiary/aromatic N) is 4. The summed E-state index contributed by atoms with van der Waals surface area (Å²) in [6.45, 7) is 11.6. The number of fused-ring (bicyclic) bond motifs is 2. The van der Waals surface area contributed by atoms with Gasteiger partial charge in [-0.2, -0.15) is 13.2 Å². The number of anilines is 2. The van der Waals surface area contributed by atoms with Crippen LogP contribution in [0.5, 0.6) is 0 Å². The summed E-state index contributed by atoms with van der Waals surface area (Å²) in [6, 6.07) is 11.7. The quantitative estimate of drug-likeness (QED) is 0.108. The maximum absolute atomic E-state index is 13.6. The number of hydrogen-bond acceptors (Lipinski definition) is 10. The fourth-order valence-electron chi connectivity index (χ4n) is 12.6. The van der Waals surface area contributed by atoms with Gasteiger partial charge >= 0.3 is 6.18 Å². The Morgan fingerprint density at radius 2 is 1.67 bits per heavy atom. The summed E-state index contributed by atoms with van der Waals surface area (Å²) in [5.74, 6) is -0.142. The molecule has 16 heteroatoms. The number of carbonyl (C=O) groups excluding carboxylic acids is 4. The molecule has 3 aliphatic heterocycles. The standard InChI is InChI=1S/C51H58F3N7O5S/c1-29-33-6-4-7-35(43(33)47(65)61(29)39-14-15-42(62)59-45(39)64)55-19-16-31-24-50(25-31)27-49(28-50)17-20-60(21-18-49)26-30-10-12-32(13-11-30)46-58-38-22-34(48(2,3)66)37(23-40(38)67-46)57-44(63)36-8-5-9-41(56-36)51(52,53)54/h4-9,22-23,30-32,39,55,66H,1,10-21,24-28H2,2-3H3,(H,57,63)(H,59,62,64). The van der Waals surface area contributed by atoms with Crippen molar-refractivity contribution in [3.63, 3.8) is 0 Å². The molecule has 5 fully saturated rings. The lowest BCUT2D eigenvalue weighted by Gasteiger charge is -2.66. The van der Waals surface area contributed by atoms with Crippen LogP contribution < -0.4 is 16.0 Å². The van der Waals surface area contributed by atoms with Crippen molar-refractivity contribution in [2.45, 2.75) is 121 Å². The SMILES string of the molecule is C=C1c2cccc(NCCC3CC4(C3)CC3(CCN(CC5CCC(c6nc7cc(C(C)(C)O)c(NC(=O)c8cccc(C(F)(F)F)n8)cc7s6)CC5)CC3)C4)c2C(=O)N1C1CCC(=O)NC1=O. The second-order valence-corrected chi connectivity index (χ2v) is 22.1. The summed E-state index contributed by atoms with van der Waals surface area (Å²) in [7, 11) is 0. The molecule has 5 heterocycles. The summed E-state index contributed by atoms with van der Waals surface area (Å²) in [5.41, 5.74) is 2.16. The van der Waals surface area contributed by atoms with E-state index in [-0.39, 0.29) is 30.3 Å². The van der Waals surface area contributed by atoms with Crippen molar-refractivity contribution >= 4 is 62.3 Å². The number of imide groups is 1. The van der Waals surface area contributed by atoms with Gasteiger partial charge in [-0.25, -0.2) is 9.97 Å². The number of benzene rings is 2. The highest BCUT2D eigenvalue weighted by atomic mass is 32.1. The summed E-state index contributed by atoms with van der Waals surface area (Å²) >= 11 is 1.57. The number of nitrogens with one attached hydrogen (secondary N) is 3. The van der Waals surface area contributed by atoms with Crippen molar-refractivity contribution in [2.24, 2.45) is 22.7 Å². The molecule has 67 heavy (non-hydrogen) atoms. The van der Waals surface area contributed by atoms with Crippen LogP contribution >= 0.6 is 11.3 Å². The third-order valence-corrected chi connectivity index (χ3v) is 17.0. The van der Waals surface area contributed by atoms with Crippen molar-refractivity contribution in [1.29, 1.82) is 0 Å². The number of rotatable bonds is 11. The number of piperidine rings is 2. The van der Waals surface area contributed by atoms with Gasteiger partial charge in [0.15, 0.2) is 0 Å². The molecule has 0 bridgehead atoms. The van der Waals surface area contributed by atoms with Gasteiger partial charge in [-0.05, 0) is 157 Å². The number of likely N-dealkylation sites (tertiary alicyclic amines) is 1. The molecule has 2 aromatic heterocycles. The van der Waals surface area contributed by atoms with E-state index < -0.39 is 35.3 Å². The lowest BCUT2D eigenvalue weighted by molar-refractivity contribution is -0.150. The molecule has 3 saturated carbocycles. The molecular weight excluding hydrogens is 880 g/mol. The molecular formula is C51H58F3N7O5S. The van der Waals surface area contributed by atoms with Crippen LogP contribution in [-0.2, 0) is 21.4 Å². The second kappa shape index (κ2) is 17.1. The maximum atomic E-state index is 13.6. The number of thiazole rings is 1. The smallest absolute Gasteiger partial charge is 0.386 e. The van der Waals surface area contributed by atoms with E-state index >= 15 is 0 Å². The van der Waals surface area contributed by atoms with Gasteiger partial charge in [-0.3, -0.25) is 29.4 Å². The lowest BCUT2D eigenvalue weighted by atomic mass is 9.40. The summed E-state index contributed by atoms with van der Waals surface area (Å²) in [6.07, 6.45) is 9.06. The Bertz CT molecular complexity index is 2640. The zero-order chi connectivity index (χ0) is 47.0. The molecule has 4 N–H and O–H groups in total. The third-order valence-electron chi connectivity index (χ3n) is 15.8. The van der Waals surface area contributed by atoms with Crippen LogP contribution in [-0.4, -0.2) is 80.7 Å². The Morgan fingerprint density at radius 3 is 2.37 bits per heavy atom. The summed E-state index contributed by atoms with van der Waals surface area (Å²) in [5, 5.41) is 20.7. The molecule has 1 unspecified atom stereocenters. The van der Waals surface area contributed by atoms with Crippen molar-refractivity contribution in [2.75, 3.05) is 36.8 Å². The number of hydrogen-bond donors (Lipinski definition) is 4. The molecule has 6 aliphatic rings. The van der Waals surface area contributed by atoms with E-state index in [2.05, 4.69) is 32.4 Å². The van der Waals surface area contributed by atoms with Crippen molar-refractivity contribution in [3.8, 4) is 0 Å². The van der Waals surface area contributed by atoms with Crippen LogP contribution in [0.4, 0.5) is 24.5 Å². The highest BCUT2D eigenvalue weighted by Gasteiger charge is 2.59. The number of aromatic nitrogens is 2. The molecule has 10 rings (SSSR count). The topological polar surface area (TPSA) is 157 Å². The van der Waals surface area contributed by atoms with E-state index in [1.165, 1.54) is 62.6 Å². The fraction of sp³-hybridized carbons (Fsp3) is 0.529. The Kier molecular flexibility index (Phi) is 11.6. The van der Waals surface area contributed by atoms with Gasteiger partial charge in [0.05, 0.1) is 26.4 Å². The molecule has 4 aromatic rings. The van der Waals surface area contributed by atoms with E-state index in [9.17, 15) is 37.5 Å². The number of alkyl halides is 3. The molecule has 4 amide bonds.